The molecule has 2 aromatic carbocycles. The topological polar surface area (TPSA) is 79.8 Å². The van der Waals surface area contributed by atoms with E-state index >= 15 is 0 Å². The van der Waals surface area contributed by atoms with Crippen molar-refractivity contribution in [3.63, 3.8) is 0 Å². The lowest BCUT2D eigenvalue weighted by Gasteiger charge is -2.20. The molecule has 0 saturated heterocycles. The summed E-state index contributed by atoms with van der Waals surface area (Å²) in [6.45, 7) is 6.06. The van der Waals surface area contributed by atoms with Crippen LogP contribution in [-0.2, 0) is 4.79 Å². The Balaban J connectivity index is 2.06. The molecule has 0 bridgehead atoms. The maximum absolute atomic E-state index is 12.6. The fourth-order valence-electron chi connectivity index (χ4n) is 2.51. The zero-order chi connectivity index (χ0) is 21.4. The van der Waals surface area contributed by atoms with Gasteiger partial charge in [-0.2, -0.15) is 5.10 Å². The molecule has 6 nitrogen and oxygen atoms in total. The first-order valence-corrected chi connectivity index (χ1v) is 9.89. The molecule has 8 heteroatoms. The summed E-state index contributed by atoms with van der Waals surface area (Å²) in [7, 11) is 0. The van der Waals surface area contributed by atoms with Crippen LogP contribution in [0.2, 0.25) is 10.0 Å². The molecule has 1 atom stereocenters. The normalized spacial score (nSPS) is 12.1. The number of hydrogen-bond donors (Lipinski definition) is 2. The number of halogens is 2. The molecular weight excluding hydrogens is 413 g/mol. The van der Waals surface area contributed by atoms with E-state index in [1.807, 2.05) is 45.0 Å². The zero-order valence-corrected chi connectivity index (χ0v) is 17.9. The van der Waals surface area contributed by atoms with Crippen molar-refractivity contribution < 1.29 is 14.3 Å². The van der Waals surface area contributed by atoms with Crippen LogP contribution in [-0.4, -0.2) is 30.7 Å². The first kappa shape index (κ1) is 22.7. The lowest BCUT2D eigenvalue weighted by molar-refractivity contribution is -0.123. The Morgan fingerprint density at radius 1 is 1.14 bits per heavy atom. The minimum Gasteiger partial charge on any atom is -0.493 e. The highest BCUT2D eigenvalue weighted by atomic mass is 35.5. The number of benzene rings is 2. The average molecular weight is 436 g/mol. The molecule has 0 saturated carbocycles. The van der Waals surface area contributed by atoms with Gasteiger partial charge in [-0.1, -0.05) is 49.2 Å². The van der Waals surface area contributed by atoms with Crippen molar-refractivity contribution >= 4 is 41.2 Å². The van der Waals surface area contributed by atoms with Crippen LogP contribution < -0.4 is 15.5 Å². The number of nitrogens with zero attached hydrogens (tertiary/aromatic N) is 1. The predicted octanol–water partition coefficient (Wildman–Crippen LogP) is 4.30. The van der Waals surface area contributed by atoms with E-state index in [9.17, 15) is 9.59 Å². The van der Waals surface area contributed by atoms with E-state index in [0.29, 0.717) is 22.9 Å². The summed E-state index contributed by atoms with van der Waals surface area (Å²) in [6.07, 6.45) is 1.50. The molecule has 2 aromatic rings. The standard InChI is InChI=1S/C21H23Cl2N3O3/c1-4-29-18-8-6-5-7-15(18)12-24-26-21(28)19(13(2)3)25-20(27)14-9-10-16(22)17(23)11-14/h5-13,19H,4H2,1-3H3,(H,25,27)(H,26,28)/b24-12+. The van der Waals surface area contributed by atoms with E-state index in [1.165, 1.54) is 18.3 Å². The van der Waals surface area contributed by atoms with Crippen LogP contribution in [0, 0.1) is 5.92 Å². The maximum Gasteiger partial charge on any atom is 0.262 e. The number of carbonyl (C=O) groups is 2. The van der Waals surface area contributed by atoms with E-state index in [2.05, 4.69) is 15.8 Å². The molecule has 154 valence electrons. The molecule has 0 aliphatic rings. The van der Waals surface area contributed by atoms with Gasteiger partial charge in [-0.25, -0.2) is 5.43 Å². The fraction of sp³-hybridized carbons (Fsp3) is 0.286. The highest BCUT2D eigenvalue weighted by Gasteiger charge is 2.24. The van der Waals surface area contributed by atoms with Crippen molar-refractivity contribution in [2.45, 2.75) is 26.8 Å². The summed E-state index contributed by atoms with van der Waals surface area (Å²) in [5.74, 6) is -0.351. The van der Waals surface area contributed by atoms with Crippen LogP contribution in [0.5, 0.6) is 5.75 Å². The van der Waals surface area contributed by atoms with Crippen molar-refractivity contribution in [1.29, 1.82) is 0 Å². The first-order chi connectivity index (χ1) is 13.8. The van der Waals surface area contributed by atoms with E-state index in [1.54, 1.807) is 6.07 Å². The number of nitrogens with one attached hydrogen (secondary N) is 2. The molecule has 29 heavy (non-hydrogen) atoms. The highest BCUT2D eigenvalue weighted by Crippen LogP contribution is 2.22. The number of hydrogen-bond acceptors (Lipinski definition) is 4. The third-order valence-electron chi connectivity index (χ3n) is 4.01. The highest BCUT2D eigenvalue weighted by molar-refractivity contribution is 6.42. The Bertz CT molecular complexity index is 900. The Morgan fingerprint density at radius 3 is 2.52 bits per heavy atom. The molecule has 0 aromatic heterocycles. The lowest BCUT2D eigenvalue weighted by atomic mass is 10.0. The largest absolute Gasteiger partial charge is 0.493 e. The van der Waals surface area contributed by atoms with Gasteiger partial charge in [0.2, 0.25) is 0 Å². The average Bonchev–Trinajstić information content (AvgIpc) is 2.69. The summed E-state index contributed by atoms with van der Waals surface area (Å²) in [5.41, 5.74) is 3.52. The molecule has 0 aliphatic carbocycles. The van der Waals surface area contributed by atoms with Gasteiger partial charge in [0, 0.05) is 11.1 Å². The van der Waals surface area contributed by atoms with Crippen LogP contribution in [0.15, 0.2) is 47.6 Å². The van der Waals surface area contributed by atoms with Crippen molar-refractivity contribution in [2.75, 3.05) is 6.61 Å². The van der Waals surface area contributed by atoms with Gasteiger partial charge in [-0.3, -0.25) is 9.59 Å². The van der Waals surface area contributed by atoms with Gasteiger partial charge < -0.3 is 10.1 Å². The zero-order valence-electron chi connectivity index (χ0n) is 16.4. The molecule has 2 rings (SSSR count). The van der Waals surface area contributed by atoms with Gasteiger partial charge in [0.1, 0.15) is 11.8 Å². The minimum atomic E-state index is -0.781. The molecular formula is C21H23Cl2N3O3. The Labute approximate surface area is 180 Å². The van der Waals surface area contributed by atoms with Crippen LogP contribution in [0.1, 0.15) is 36.7 Å². The van der Waals surface area contributed by atoms with E-state index in [-0.39, 0.29) is 10.9 Å². The van der Waals surface area contributed by atoms with Gasteiger partial charge in [-0.05, 0) is 43.2 Å². The number of carbonyl (C=O) groups excluding carboxylic acids is 2. The second kappa shape index (κ2) is 10.8. The molecule has 2 N–H and O–H groups in total. The van der Waals surface area contributed by atoms with Crippen LogP contribution in [0.4, 0.5) is 0 Å². The number of rotatable bonds is 8. The molecule has 2 amide bonds. The number of ether oxygens (including phenoxy) is 1. The van der Waals surface area contributed by atoms with Gasteiger partial charge in [0.25, 0.3) is 11.8 Å². The summed E-state index contributed by atoms with van der Waals surface area (Å²) < 4.78 is 5.52. The smallest absolute Gasteiger partial charge is 0.262 e. The van der Waals surface area contributed by atoms with E-state index < -0.39 is 17.9 Å². The molecule has 0 fully saturated rings. The van der Waals surface area contributed by atoms with Crippen LogP contribution in [0.25, 0.3) is 0 Å². The summed E-state index contributed by atoms with van der Waals surface area (Å²) in [6, 6.07) is 11.1. The monoisotopic (exact) mass is 435 g/mol. The molecule has 0 radical (unpaired) electrons. The number of amides is 2. The van der Waals surface area contributed by atoms with E-state index in [4.69, 9.17) is 27.9 Å². The molecule has 0 aliphatic heterocycles. The SMILES string of the molecule is CCOc1ccccc1/C=N/NC(=O)C(NC(=O)c1ccc(Cl)c(Cl)c1)C(C)C. The third-order valence-corrected chi connectivity index (χ3v) is 4.75. The van der Waals surface area contributed by atoms with Gasteiger partial charge >= 0.3 is 0 Å². The van der Waals surface area contributed by atoms with Crippen LogP contribution >= 0.6 is 23.2 Å². The van der Waals surface area contributed by atoms with Crippen molar-refractivity contribution in [3.8, 4) is 5.75 Å². The van der Waals surface area contributed by atoms with Gasteiger partial charge in [-0.15, -0.1) is 0 Å². The number of hydrazone groups is 1. The quantitative estimate of drug-likeness (QED) is 0.479. The van der Waals surface area contributed by atoms with Crippen molar-refractivity contribution in [3.05, 3.63) is 63.6 Å². The van der Waals surface area contributed by atoms with E-state index in [0.717, 1.165) is 5.56 Å². The molecule has 0 heterocycles. The maximum atomic E-state index is 12.6. The van der Waals surface area contributed by atoms with Crippen molar-refractivity contribution in [2.24, 2.45) is 11.0 Å². The summed E-state index contributed by atoms with van der Waals surface area (Å²) in [4.78, 5) is 25.0. The Hall–Kier alpha value is -2.57. The Kier molecular flexibility index (Phi) is 8.49. The molecule has 1 unspecified atom stereocenters. The summed E-state index contributed by atoms with van der Waals surface area (Å²) >= 11 is 11.8. The predicted molar refractivity (Wildman–Crippen MR) is 116 cm³/mol. The minimum absolute atomic E-state index is 0.160. The number of para-hydroxylation sites is 1. The van der Waals surface area contributed by atoms with Gasteiger partial charge in [0.15, 0.2) is 0 Å². The molecule has 0 spiro atoms. The second-order valence-electron chi connectivity index (χ2n) is 6.53. The third kappa shape index (κ3) is 6.48. The second-order valence-corrected chi connectivity index (χ2v) is 7.34. The Morgan fingerprint density at radius 2 is 1.86 bits per heavy atom. The first-order valence-electron chi connectivity index (χ1n) is 9.14. The summed E-state index contributed by atoms with van der Waals surface area (Å²) in [5, 5.41) is 7.32. The van der Waals surface area contributed by atoms with Crippen molar-refractivity contribution in [1.82, 2.24) is 10.7 Å². The lowest BCUT2D eigenvalue weighted by Crippen LogP contribution is -2.48. The van der Waals surface area contributed by atoms with Crippen LogP contribution in [0.3, 0.4) is 0 Å². The fourth-order valence-corrected chi connectivity index (χ4v) is 2.80. The van der Waals surface area contributed by atoms with Gasteiger partial charge in [0.05, 0.1) is 22.9 Å².